The molecule has 9 heteroatoms. The number of carbonyl (C=O) groups is 2. The molecular weight excluding hydrogens is 330 g/mol. The highest BCUT2D eigenvalue weighted by Crippen LogP contribution is 2.37. The second-order valence-electron chi connectivity index (χ2n) is 4.96. The van der Waals surface area contributed by atoms with Crippen molar-refractivity contribution in [1.82, 2.24) is 0 Å². The van der Waals surface area contributed by atoms with Gasteiger partial charge in [-0.2, -0.15) is 26.3 Å². The van der Waals surface area contributed by atoms with Crippen molar-refractivity contribution in [1.29, 1.82) is 0 Å². The third-order valence-corrected chi connectivity index (χ3v) is 3.40. The van der Waals surface area contributed by atoms with Crippen molar-refractivity contribution in [2.24, 2.45) is 5.92 Å². The first kappa shape index (κ1) is 17.5. The van der Waals surface area contributed by atoms with E-state index in [9.17, 15) is 35.9 Å². The average molecular weight is 340 g/mol. The van der Waals surface area contributed by atoms with E-state index in [0.717, 1.165) is 0 Å². The monoisotopic (exact) mass is 340 g/mol. The molecule has 1 heterocycles. The van der Waals surface area contributed by atoms with E-state index in [4.69, 9.17) is 4.74 Å². The Morgan fingerprint density at radius 1 is 1.09 bits per heavy atom. The number of carbonyl (C=O) groups excluding carboxylic acids is 2. The predicted molar refractivity (Wildman–Crippen MR) is 64.7 cm³/mol. The average Bonchev–Trinajstić information content (AvgIpc) is 2.44. The van der Waals surface area contributed by atoms with Crippen molar-refractivity contribution in [3.05, 3.63) is 34.9 Å². The summed E-state index contributed by atoms with van der Waals surface area (Å²) in [5, 5.41) is 0. The number of ether oxygens (including phenoxy) is 1. The number of halogens is 6. The fourth-order valence-electron chi connectivity index (χ4n) is 2.22. The van der Waals surface area contributed by atoms with Gasteiger partial charge in [0.05, 0.1) is 24.3 Å². The summed E-state index contributed by atoms with van der Waals surface area (Å²) in [6.07, 6.45) is -10.1. The van der Waals surface area contributed by atoms with Crippen LogP contribution in [0.1, 0.15) is 27.9 Å². The van der Waals surface area contributed by atoms with Crippen LogP contribution in [0, 0.1) is 5.92 Å². The lowest BCUT2D eigenvalue weighted by Crippen LogP contribution is -2.35. The van der Waals surface area contributed by atoms with Crippen LogP contribution in [0.3, 0.4) is 0 Å². The normalized spacial score (nSPS) is 19.7. The van der Waals surface area contributed by atoms with E-state index in [1.807, 2.05) is 0 Å². The highest BCUT2D eigenvalue weighted by atomic mass is 19.4. The lowest BCUT2D eigenvalue weighted by atomic mass is 9.88. The Kier molecular flexibility index (Phi) is 4.52. The van der Waals surface area contributed by atoms with Gasteiger partial charge in [0.2, 0.25) is 0 Å². The zero-order valence-electron chi connectivity index (χ0n) is 11.4. The van der Waals surface area contributed by atoms with E-state index in [1.54, 1.807) is 0 Å². The van der Waals surface area contributed by atoms with Crippen molar-refractivity contribution >= 4 is 11.6 Å². The van der Waals surface area contributed by atoms with Crippen LogP contribution in [0.5, 0.6) is 0 Å². The molecule has 1 aliphatic rings. The van der Waals surface area contributed by atoms with Gasteiger partial charge in [-0.1, -0.05) is 0 Å². The lowest BCUT2D eigenvalue weighted by Gasteiger charge is -2.22. The first-order chi connectivity index (χ1) is 10.5. The molecule has 0 aromatic heterocycles. The van der Waals surface area contributed by atoms with Gasteiger partial charge in [-0.25, -0.2) is 0 Å². The maximum absolute atomic E-state index is 13.0. The molecule has 0 bridgehead atoms. The van der Waals surface area contributed by atoms with E-state index < -0.39 is 53.1 Å². The summed E-state index contributed by atoms with van der Waals surface area (Å²) in [5.74, 6) is -3.48. The molecule has 0 aliphatic carbocycles. The molecule has 1 unspecified atom stereocenters. The Balaban J connectivity index is 2.52. The number of alkyl halides is 6. The summed E-state index contributed by atoms with van der Waals surface area (Å²) in [6.45, 7) is -0.414. The van der Waals surface area contributed by atoms with Gasteiger partial charge < -0.3 is 4.74 Å². The topological polar surface area (TPSA) is 43.4 Å². The second kappa shape index (κ2) is 5.95. The molecule has 0 amide bonds. The molecule has 0 spiro atoms. The van der Waals surface area contributed by atoms with Gasteiger partial charge in [0.25, 0.3) is 0 Å². The zero-order valence-corrected chi connectivity index (χ0v) is 11.4. The van der Waals surface area contributed by atoms with E-state index in [1.165, 1.54) is 0 Å². The zero-order chi connectivity index (χ0) is 17.4. The van der Waals surface area contributed by atoms with Crippen LogP contribution in [0.15, 0.2) is 18.2 Å². The minimum atomic E-state index is -5.02. The Labute approximate surface area is 126 Å². The third kappa shape index (κ3) is 3.72. The minimum Gasteiger partial charge on any atom is -0.380 e. The van der Waals surface area contributed by atoms with E-state index in [2.05, 4.69) is 0 Å². The van der Waals surface area contributed by atoms with Gasteiger partial charge in [0.15, 0.2) is 5.78 Å². The van der Waals surface area contributed by atoms with Gasteiger partial charge in [-0.15, -0.1) is 0 Å². The van der Waals surface area contributed by atoms with Gasteiger partial charge in [0, 0.05) is 12.0 Å². The number of benzene rings is 1. The maximum atomic E-state index is 13.0. The minimum absolute atomic E-state index is 0.0251. The van der Waals surface area contributed by atoms with Crippen molar-refractivity contribution in [3.63, 3.8) is 0 Å². The molecule has 23 heavy (non-hydrogen) atoms. The van der Waals surface area contributed by atoms with Crippen molar-refractivity contribution in [2.75, 3.05) is 13.2 Å². The molecule has 0 N–H and O–H groups in total. The maximum Gasteiger partial charge on any atom is 0.417 e. The standard InChI is InChI=1S/C14H10F6O3/c15-13(16,17)7-1-2-10(14(18,19)20)8(5-7)12(22)9-6-23-4-3-11(9)21/h1-2,5,9H,3-4,6H2. The fourth-order valence-corrected chi connectivity index (χ4v) is 2.22. The number of ketones is 2. The molecule has 1 aromatic carbocycles. The predicted octanol–water partition coefficient (Wildman–Crippen LogP) is 3.51. The summed E-state index contributed by atoms with van der Waals surface area (Å²) in [4.78, 5) is 23.8. The molecule has 1 aromatic rings. The molecule has 1 atom stereocenters. The van der Waals surface area contributed by atoms with Crippen LogP contribution in [0.25, 0.3) is 0 Å². The summed E-state index contributed by atoms with van der Waals surface area (Å²) in [6, 6.07) is 0.579. The Morgan fingerprint density at radius 2 is 1.74 bits per heavy atom. The highest BCUT2D eigenvalue weighted by molar-refractivity contribution is 6.11. The molecule has 1 saturated heterocycles. The largest absolute Gasteiger partial charge is 0.417 e. The van der Waals surface area contributed by atoms with E-state index in [0.29, 0.717) is 0 Å². The summed E-state index contributed by atoms with van der Waals surface area (Å²) >= 11 is 0. The van der Waals surface area contributed by atoms with E-state index >= 15 is 0 Å². The highest BCUT2D eigenvalue weighted by Gasteiger charge is 2.41. The smallest absolute Gasteiger partial charge is 0.380 e. The number of Topliss-reactive ketones (excluding diaryl/α,β-unsaturated/α-hetero) is 2. The third-order valence-electron chi connectivity index (χ3n) is 3.40. The Morgan fingerprint density at radius 3 is 2.26 bits per heavy atom. The molecule has 126 valence electrons. The van der Waals surface area contributed by atoms with Crippen molar-refractivity contribution in [3.8, 4) is 0 Å². The summed E-state index contributed by atoms with van der Waals surface area (Å²) < 4.78 is 81.8. The number of hydrogen-bond donors (Lipinski definition) is 0. The van der Waals surface area contributed by atoms with Crippen LogP contribution in [0.4, 0.5) is 26.3 Å². The first-order valence-electron chi connectivity index (χ1n) is 6.45. The molecular formula is C14H10F6O3. The molecule has 3 nitrogen and oxygen atoms in total. The van der Waals surface area contributed by atoms with Gasteiger partial charge >= 0.3 is 12.4 Å². The van der Waals surface area contributed by atoms with Crippen LogP contribution < -0.4 is 0 Å². The Hall–Kier alpha value is -1.90. The molecule has 0 radical (unpaired) electrons. The molecule has 2 rings (SSSR count). The Bertz CT molecular complexity index is 632. The quantitative estimate of drug-likeness (QED) is 0.470. The number of rotatable bonds is 2. The van der Waals surface area contributed by atoms with Gasteiger partial charge in [-0.05, 0) is 18.2 Å². The molecule has 1 aliphatic heterocycles. The van der Waals surface area contributed by atoms with E-state index in [-0.39, 0.29) is 31.2 Å². The van der Waals surface area contributed by atoms with Gasteiger partial charge in [-0.3, -0.25) is 9.59 Å². The SMILES string of the molecule is O=C1CCOCC1C(=O)c1cc(C(F)(F)F)ccc1C(F)(F)F. The van der Waals surface area contributed by atoms with Crippen LogP contribution in [-0.4, -0.2) is 24.8 Å². The second-order valence-corrected chi connectivity index (χ2v) is 4.96. The summed E-state index contributed by atoms with van der Waals surface area (Å²) in [5.41, 5.74) is -4.07. The number of hydrogen-bond acceptors (Lipinski definition) is 3. The van der Waals surface area contributed by atoms with Gasteiger partial charge in [0.1, 0.15) is 11.7 Å². The lowest BCUT2D eigenvalue weighted by molar-refractivity contribution is -0.141. The fraction of sp³-hybridized carbons (Fsp3) is 0.429. The van der Waals surface area contributed by atoms with Crippen LogP contribution >= 0.6 is 0 Å². The van der Waals surface area contributed by atoms with Crippen molar-refractivity contribution < 1.29 is 40.7 Å². The van der Waals surface area contributed by atoms with Crippen molar-refractivity contribution in [2.45, 2.75) is 18.8 Å². The van der Waals surface area contributed by atoms with Crippen LogP contribution in [-0.2, 0) is 21.9 Å². The first-order valence-corrected chi connectivity index (χ1v) is 6.45. The summed E-state index contributed by atoms with van der Waals surface area (Å²) in [7, 11) is 0. The molecule has 0 saturated carbocycles. The molecule has 1 fully saturated rings. The van der Waals surface area contributed by atoms with Crippen LogP contribution in [0.2, 0.25) is 0 Å².